The molecule has 0 fully saturated rings. The molecule has 27 heavy (non-hydrogen) atoms. The quantitative estimate of drug-likeness (QED) is 0.597. The van der Waals surface area contributed by atoms with E-state index in [1.807, 2.05) is 0 Å². The third kappa shape index (κ3) is 6.39. The Morgan fingerprint density at radius 2 is 1.74 bits per heavy atom. The molecule has 0 bridgehead atoms. The maximum Gasteiger partial charge on any atom is 0.340 e. The number of benzene rings is 2. The number of nitrogens with one attached hydrogen (secondary N) is 1. The number of ether oxygens (including phenoxy) is 2. The minimum Gasteiger partial charge on any atom is -0.462 e. The average molecular weight is 371 g/mol. The zero-order valence-corrected chi connectivity index (χ0v) is 14.6. The van der Waals surface area contributed by atoms with Crippen LogP contribution in [0, 0.1) is 5.82 Å². The van der Waals surface area contributed by atoms with E-state index in [9.17, 15) is 18.8 Å². The molecule has 1 amide bonds. The molecule has 2 aromatic rings. The normalized spacial score (nSPS) is 10.4. The van der Waals surface area contributed by atoms with Gasteiger partial charge in [0, 0.05) is 6.08 Å². The molecule has 2 aromatic carbocycles. The molecule has 0 atom stereocenters. The van der Waals surface area contributed by atoms with Gasteiger partial charge in [0.15, 0.2) is 6.61 Å². The van der Waals surface area contributed by atoms with Crippen molar-refractivity contribution in [3.63, 3.8) is 0 Å². The first-order chi connectivity index (χ1) is 13.0. The zero-order chi connectivity index (χ0) is 19.6. The minimum atomic E-state index is -0.729. The van der Waals surface area contributed by atoms with E-state index in [0.29, 0.717) is 5.56 Å². The Labute approximate surface area is 155 Å². The third-order valence-corrected chi connectivity index (χ3v) is 3.32. The van der Waals surface area contributed by atoms with E-state index in [0.717, 1.165) is 6.08 Å². The van der Waals surface area contributed by atoms with Crippen LogP contribution in [0.1, 0.15) is 22.8 Å². The highest BCUT2D eigenvalue weighted by molar-refractivity contribution is 6.02. The molecule has 0 spiro atoms. The van der Waals surface area contributed by atoms with Crippen LogP contribution in [0.25, 0.3) is 6.08 Å². The molecule has 7 heteroatoms. The van der Waals surface area contributed by atoms with Crippen molar-refractivity contribution in [1.29, 1.82) is 0 Å². The summed E-state index contributed by atoms with van der Waals surface area (Å²) < 4.78 is 22.6. The lowest BCUT2D eigenvalue weighted by Gasteiger charge is -2.10. The Bertz CT molecular complexity index is 846. The third-order valence-electron chi connectivity index (χ3n) is 3.32. The summed E-state index contributed by atoms with van der Waals surface area (Å²) in [5.41, 5.74) is 1.08. The van der Waals surface area contributed by atoms with Crippen LogP contribution in [0.2, 0.25) is 0 Å². The Morgan fingerprint density at radius 1 is 1.04 bits per heavy atom. The van der Waals surface area contributed by atoms with Crippen LogP contribution in [0.15, 0.2) is 54.6 Å². The molecule has 0 aliphatic rings. The summed E-state index contributed by atoms with van der Waals surface area (Å²) in [4.78, 5) is 35.5. The molecule has 0 unspecified atom stereocenters. The molecule has 0 aliphatic carbocycles. The first-order valence-electron chi connectivity index (χ1n) is 8.16. The summed E-state index contributed by atoms with van der Waals surface area (Å²) in [6, 6.07) is 11.9. The summed E-state index contributed by atoms with van der Waals surface area (Å²) in [7, 11) is 0. The predicted octanol–water partition coefficient (Wildman–Crippen LogP) is 3.20. The van der Waals surface area contributed by atoms with Crippen LogP contribution in [0.4, 0.5) is 10.1 Å². The fraction of sp³-hybridized carbons (Fsp3) is 0.150. The predicted molar refractivity (Wildman–Crippen MR) is 97.4 cm³/mol. The Morgan fingerprint density at radius 3 is 2.44 bits per heavy atom. The van der Waals surface area contributed by atoms with Crippen molar-refractivity contribution in [3.05, 3.63) is 71.6 Å². The van der Waals surface area contributed by atoms with Gasteiger partial charge in [-0.2, -0.15) is 0 Å². The van der Waals surface area contributed by atoms with E-state index in [-0.39, 0.29) is 23.7 Å². The summed E-state index contributed by atoms with van der Waals surface area (Å²) >= 11 is 0. The number of carbonyl (C=O) groups is 3. The zero-order valence-electron chi connectivity index (χ0n) is 14.6. The molecule has 0 aromatic heterocycles. The number of amides is 1. The molecule has 0 heterocycles. The number of anilines is 1. The van der Waals surface area contributed by atoms with Gasteiger partial charge < -0.3 is 14.8 Å². The van der Waals surface area contributed by atoms with Crippen LogP contribution in [-0.4, -0.2) is 31.1 Å². The second-order valence-electron chi connectivity index (χ2n) is 5.31. The number of rotatable bonds is 7. The first kappa shape index (κ1) is 19.8. The first-order valence-corrected chi connectivity index (χ1v) is 8.16. The van der Waals surface area contributed by atoms with Gasteiger partial charge in [-0.1, -0.05) is 24.3 Å². The van der Waals surface area contributed by atoms with Crippen molar-refractivity contribution >= 4 is 29.6 Å². The smallest absolute Gasteiger partial charge is 0.340 e. The van der Waals surface area contributed by atoms with Crippen LogP contribution >= 0.6 is 0 Å². The highest BCUT2D eigenvalue weighted by atomic mass is 19.1. The van der Waals surface area contributed by atoms with E-state index in [1.165, 1.54) is 36.4 Å². The van der Waals surface area contributed by atoms with Crippen LogP contribution < -0.4 is 5.32 Å². The van der Waals surface area contributed by atoms with Crippen LogP contribution in [-0.2, 0) is 19.1 Å². The Hall–Kier alpha value is -3.48. The molecule has 0 aliphatic heterocycles. The van der Waals surface area contributed by atoms with Gasteiger partial charge in [0.25, 0.3) is 5.91 Å². The lowest BCUT2D eigenvalue weighted by atomic mass is 10.2. The van der Waals surface area contributed by atoms with Gasteiger partial charge in [-0.05, 0) is 42.8 Å². The van der Waals surface area contributed by atoms with Crippen LogP contribution in [0.5, 0.6) is 0 Å². The molecule has 0 saturated heterocycles. The van der Waals surface area contributed by atoms with Gasteiger partial charge in [-0.3, -0.25) is 4.79 Å². The molecule has 0 saturated carbocycles. The maximum absolute atomic E-state index is 12.8. The van der Waals surface area contributed by atoms with Gasteiger partial charge >= 0.3 is 11.9 Å². The SMILES string of the molecule is CCOC(=O)c1ccccc1NC(=O)COC(=O)/C=C/c1ccc(F)cc1. The van der Waals surface area contributed by atoms with E-state index < -0.39 is 24.5 Å². The summed E-state index contributed by atoms with van der Waals surface area (Å²) in [5, 5.41) is 2.50. The molecule has 1 N–H and O–H groups in total. The van der Waals surface area contributed by atoms with E-state index >= 15 is 0 Å². The largest absolute Gasteiger partial charge is 0.462 e. The Kier molecular flexibility index (Phi) is 7.25. The summed E-state index contributed by atoms with van der Waals surface area (Å²) in [6.45, 7) is 1.36. The van der Waals surface area contributed by atoms with Crippen molar-refractivity contribution in [2.24, 2.45) is 0 Å². The number of para-hydroxylation sites is 1. The van der Waals surface area contributed by atoms with E-state index in [4.69, 9.17) is 9.47 Å². The minimum absolute atomic E-state index is 0.204. The molecular weight excluding hydrogens is 353 g/mol. The second-order valence-corrected chi connectivity index (χ2v) is 5.31. The van der Waals surface area contributed by atoms with Crippen molar-refractivity contribution in [1.82, 2.24) is 0 Å². The van der Waals surface area contributed by atoms with Crippen molar-refractivity contribution in [2.75, 3.05) is 18.5 Å². The average Bonchev–Trinajstić information content (AvgIpc) is 2.66. The van der Waals surface area contributed by atoms with Crippen molar-refractivity contribution in [2.45, 2.75) is 6.92 Å². The molecular formula is C20H18FNO5. The van der Waals surface area contributed by atoms with Gasteiger partial charge in [0.2, 0.25) is 0 Å². The van der Waals surface area contributed by atoms with Gasteiger partial charge in [-0.15, -0.1) is 0 Å². The van der Waals surface area contributed by atoms with Crippen LogP contribution in [0.3, 0.4) is 0 Å². The number of esters is 2. The topological polar surface area (TPSA) is 81.7 Å². The molecule has 6 nitrogen and oxygen atoms in total. The number of halogens is 1. The maximum atomic E-state index is 12.8. The van der Waals surface area contributed by atoms with Crippen molar-refractivity contribution < 1.29 is 28.2 Å². The lowest BCUT2D eigenvalue weighted by Crippen LogP contribution is -2.21. The van der Waals surface area contributed by atoms with E-state index in [1.54, 1.807) is 25.1 Å². The molecule has 0 radical (unpaired) electrons. The Balaban J connectivity index is 1.88. The summed E-state index contributed by atoms with van der Waals surface area (Å²) in [5.74, 6) is -2.27. The summed E-state index contributed by atoms with van der Waals surface area (Å²) in [6.07, 6.45) is 2.57. The lowest BCUT2D eigenvalue weighted by molar-refractivity contribution is -0.142. The second kappa shape index (κ2) is 9.86. The number of hydrogen-bond donors (Lipinski definition) is 1. The highest BCUT2D eigenvalue weighted by Gasteiger charge is 2.14. The fourth-order valence-electron chi connectivity index (χ4n) is 2.09. The van der Waals surface area contributed by atoms with Gasteiger partial charge in [-0.25, -0.2) is 14.0 Å². The van der Waals surface area contributed by atoms with E-state index in [2.05, 4.69) is 5.32 Å². The standard InChI is InChI=1S/C20H18FNO5/c1-2-26-20(25)16-5-3-4-6-17(16)22-18(23)13-27-19(24)12-9-14-7-10-15(21)11-8-14/h3-12H,2,13H2,1H3,(H,22,23)/b12-9+. The number of carbonyl (C=O) groups excluding carboxylic acids is 3. The molecule has 2 rings (SSSR count). The van der Waals surface area contributed by atoms with Crippen molar-refractivity contribution in [3.8, 4) is 0 Å². The van der Waals surface area contributed by atoms with Gasteiger partial charge in [0.1, 0.15) is 5.82 Å². The fourth-order valence-corrected chi connectivity index (χ4v) is 2.09. The highest BCUT2D eigenvalue weighted by Crippen LogP contribution is 2.16. The molecule has 140 valence electrons. The monoisotopic (exact) mass is 371 g/mol. The number of hydrogen-bond acceptors (Lipinski definition) is 5. The van der Waals surface area contributed by atoms with Gasteiger partial charge in [0.05, 0.1) is 17.9 Å².